The maximum atomic E-state index is 12.0. The first-order valence-corrected chi connectivity index (χ1v) is 6.32. The van der Waals surface area contributed by atoms with Gasteiger partial charge in [-0.2, -0.15) is 0 Å². The number of carbonyl (C=O) groups is 3. The van der Waals surface area contributed by atoms with Crippen molar-refractivity contribution in [1.29, 1.82) is 0 Å². The average molecular weight is 268 g/mol. The molecule has 18 heavy (non-hydrogen) atoms. The highest BCUT2D eigenvalue weighted by molar-refractivity contribution is 7.12. The summed E-state index contributed by atoms with van der Waals surface area (Å²) in [6.45, 7) is 1.27. The number of nitrogens with zero attached hydrogens (tertiary/aromatic N) is 2. The number of hydrogen-bond donors (Lipinski definition) is 1. The maximum Gasteiger partial charge on any atom is 0.394 e. The van der Waals surface area contributed by atoms with Crippen molar-refractivity contribution in [1.82, 2.24) is 9.80 Å². The Balaban J connectivity index is 1.93. The minimum Gasteiger partial charge on any atom is -0.474 e. The highest BCUT2D eigenvalue weighted by Gasteiger charge is 2.28. The van der Waals surface area contributed by atoms with Crippen LogP contribution in [0, 0.1) is 0 Å². The Morgan fingerprint density at radius 2 is 1.72 bits per heavy atom. The van der Waals surface area contributed by atoms with Crippen molar-refractivity contribution >= 4 is 29.1 Å². The Bertz CT molecular complexity index is 463. The third-order valence-electron chi connectivity index (χ3n) is 2.77. The molecule has 96 valence electrons. The second-order valence-electron chi connectivity index (χ2n) is 3.87. The highest BCUT2D eigenvalue weighted by Crippen LogP contribution is 2.13. The van der Waals surface area contributed by atoms with Crippen LogP contribution in [0.4, 0.5) is 0 Å². The van der Waals surface area contributed by atoms with Gasteiger partial charge in [0.15, 0.2) is 0 Å². The number of aliphatic carboxylic acids is 1. The summed E-state index contributed by atoms with van der Waals surface area (Å²) >= 11 is 1.37. The molecule has 1 aromatic rings. The molecule has 0 aromatic carbocycles. The molecule has 1 aliphatic rings. The van der Waals surface area contributed by atoms with Crippen LogP contribution in [0.15, 0.2) is 17.5 Å². The Labute approximate surface area is 107 Å². The van der Waals surface area contributed by atoms with Gasteiger partial charge in [0, 0.05) is 26.2 Å². The number of thiophene rings is 1. The predicted octanol–water partition coefficient (Wildman–Crippen LogP) is 0.117. The molecule has 2 amide bonds. The number of rotatable bonds is 1. The fourth-order valence-electron chi connectivity index (χ4n) is 1.80. The summed E-state index contributed by atoms with van der Waals surface area (Å²) in [7, 11) is 0. The van der Waals surface area contributed by atoms with Gasteiger partial charge in [-0.1, -0.05) is 6.07 Å². The van der Waals surface area contributed by atoms with Gasteiger partial charge in [0.2, 0.25) is 0 Å². The van der Waals surface area contributed by atoms with Gasteiger partial charge in [0.05, 0.1) is 4.88 Å². The standard InChI is InChI=1S/C11H12N2O4S/c14-9(8-2-1-7-18-8)12-3-5-13(6-4-12)10(15)11(16)17/h1-2,7H,3-6H2,(H,16,17). The first-order valence-electron chi connectivity index (χ1n) is 5.44. The van der Waals surface area contributed by atoms with Crippen molar-refractivity contribution in [3.05, 3.63) is 22.4 Å². The van der Waals surface area contributed by atoms with Gasteiger partial charge in [0.1, 0.15) is 0 Å². The fourth-order valence-corrected chi connectivity index (χ4v) is 2.49. The van der Waals surface area contributed by atoms with Crippen LogP contribution < -0.4 is 0 Å². The Morgan fingerprint density at radius 3 is 2.22 bits per heavy atom. The van der Waals surface area contributed by atoms with Crippen LogP contribution >= 0.6 is 11.3 Å². The number of carboxylic acids is 1. The first kappa shape index (κ1) is 12.6. The zero-order valence-corrected chi connectivity index (χ0v) is 10.4. The summed E-state index contributed by atoms with van der Waals surface area (Å²) in [4.78, 5) is 37.3. The van der Waals surface area contributed by atoms with Crippen LogP contribution in [-0.2, 0) is 9.59 Å². The third kappa shape index (κ3) is 2.51. The molecule has 2 heterocycles. The summed E-state index contributed by atoms with van der Waals surface area (Å²) < 4.78 is 0. The van der Waals surface area contributed by atoms with Crippen LogP contribution in [0.1, 0.15) is 9.67 Å². The molecule has 1 fully saturated rings. The lowest BCUT2D eigenvalue weighted by Gasteiger charge is -2.33. The molecule has 0 atom stereocenters. The van der Waals surface area contributed by atoms with Crippen molar-refractivity contribution in [2.24, 2.45) is 0 Å². The summed E-state index contributed by atoms with van der Waals surface area (Å²) in [6, 6.07) is 3.56. The van der Waals surface area contributed by atoms with E-state index in [0.717, 1.165) is 0 Å². The van der Waals surface area contributed by atoms with Crippen molar-refractivity contribution in [2.45, 2.75) is 0 Å². The molecule has 6 nitrogen and oxygen atoms in total. The van der Waals surface area contributed by atoms with Crippen LogP contribution in [0.2, 0.25) is 0 Å². The molecular weight excluding hydrogens is 256 g/mol. The molecule has 1 saturated heterocycles. The molecule has 1 aliphatic heterocycles. The van der Waals surface area contributed by atoms with E-state index in [-0.39, 0.29) is 19.0 Å². The summed E-state index contributed by atoms with van der Waals surface area (Å²) in [5.74, 6) is -2.42. The molecule has 2 rings (SSSR count). The van der Waals surface area contributed by atoms with E-state index >= 15 is 0 Å². The molecule has 0 unspecified atom stereocenters. The molecular formula is C11H12N2O4S. The lowest BCUT2D eigenvalue weighted by molar-refractivity contribution is -0.156. The second kappa shape index (κ2) is 5.18. The van der Waals surface area contributed by atoms with Crippen molar-refractivity contribution in [3.63, 3.8) is 0 Å². The molecule has 7 heteroatoms. The highest BCUT2D eigenvalue weighted by atomic mass is 32.1. The lowest BCUT2D eigenvalue weighted by atomic mass is 10.3. The predicted molar refractivity (Wildman–Crippen MR) is 64.4 cm³/mol. The largest absolute Gasteiger partial charge is 0.474 e. The van der Waals surface area contributed by atoms with Crippen LogP contribution in [0.25, 0.3) is 0 Å². The smallest absolute Gasteiger partial charge is 0.394 e. The van der Waals surface area contributed by atoms with Gasteiger partial charge in [0.25, 0.3) is 5.91 Å². The average Bonchev–Trinajstić information content (AvgIpc) is 2.91. The zero-order chi connectivity index (χ0) is 13.1. The molecule has 0 spiro atoms. The van der Waals surface area contributed by atoms with E-state index in [4.69, 9.17) is 5.11 Å². The Morgan fingerprint density at radius 1 is 1.11 bits per heavy atom. The quantitative estimate of drug-likeness (QED) is 0.734. The molecule has 0 radical (unpaired) electrons. The van der Waals surface area contributed by atoms with Crippen molar-refractivity contribution < 1.29 is 19.5 Å². The number of hydrogen-bond acceptors (Lipinski definition) is 4. The van der Waals surface area contributed by atoms with E-state index in [1.807, 2.05) is 11.4 Å². The lowest BCUT2D eigenvalue weighted by Crippen LogP contribution is -2.52. The van der Waals surface area contributed by atoms with E-state index in [9.17, 15) is 14.4 Å². The Hall–Kier alpha value is -1.89. The second-order valence-corrected chi connectivity index (χ2v) is 4.81. The third-order valence-corrected chi connectivity index (χ3v) is 3.63. The van der Waals surface area contributed by atoms with Gasteiger partial charge in [-0.3, -0.25) is 9.59 Å². The summed E-state index contributed by atoms with van der Waals surface area (Å²) in [5.41, 5.74) is 0. The van der Waals surface area contributed by atoms with E-state index in [0.29, 0.717) is 18.0 Å². The summed E-state index contributed by atoms with van der Waals surface area (Å²) in [6.07, 6.45) is 0. The SMILES string of the molecule is O=C(O)C(=O)N1CCN(C(=O)c2cccs2)CC1. The molecule has 0 bridgehead atoms. The molecule has 0 aliphatic carbocycles. The van der Waals surface area contributed by atoms with Crippen LogP contribution in [-0.4, -0.2) is 58.9 Å². The maximum absolute atomic E-state index is 12.0. The van der Waals surface area contributed by atoms with Crippen molar-refractivity contribution in [2.75, 3.05) is 26.2 Å². The van der Waals surface area contributed by atoms with E-state index in [1.54, 1.807) is 11.0 Å². The van der Waals surface area contributed by atoms with Crippen molar-refractivity contribution in [3.8, 4) is 0 Å². The zero-order valence-electron chi connectivity index (χ0n) is 9.54. The van der Waals surface area contributed by atoms with Crippen LogP contribution in [0.3, 0.4) is 0 Å². The molecule has 1 aromatic heterocycles. The number of piperazine rings is 1. The number of amides is 2. The van der Waals surface area contributed by atoms with E-state index in [2.05, 4.69) is 0 Å². The van der Waals surface area contributed by atoms with Gasteiger partial charge < -0.3 is 14.9 Å². The van der Waals surface area contributed by atoms with Crippen LogP contribution in [0.5, 0.6) is 0 Å². The molecule has 1 N–H and O–H groups in total. The van der Waals surface area contributed by atoms with Gasteiger partial charge in [-0.25, -0.2) is 4.79 Å². The fraction of sp³-hybridized carbons (Fsp3) is 0.364. The summed E-state index contributed by atoms with van der Waals surface area (Å²) in [5, 5.41) is 10.4. The first-order chi connectivity index (χ1) is 8.59. The normalized spacial score (nSPS) is 15.6. The topological polar surface area (TPSA) is 77.9 Å². The minimum absolute atomic E-state index is 0.0626. The number of carboxylic acid groups (broad SMARTS) is 1. The van der Waals surface area contributed by atoms with E-state index < -0.39 is 11.9 Å². The number of carbonyl (C=O) groups excluding carboxylic acids is 2. The Kier molecular flexibility index (Phi) is 3.61. The molecule has 0 saturated carbocycles. The monoisotopic (exact) mass is 268 g/mol. The minimum atomic E-state index is -1.45. The van der Waals surface area contributed by atoms with Gasteiger partial charge in [-0.15, -0.1) is 11.3 Å². The van der Waals surface area contributed by atoms with Gasteiger partial charge in [-0.05, 0) is 11.4 Å². The van der Waals surface area contributed by atoms with Gasteiger partial charge >= 0.3 is 11.9 Å². The van der Waals surface area contributed by atoms with E-state index in [1.165, 1.54) is 16.2 Å².